The second kappa shape index (κ2) is 4.18. The van der Waals surface area contributed by atoms with Crippen LogP contribution >= 0.6 is 0 Å². The fraction of sp³-hybridized carbons (Fsp3) is 0.800. The summed E-state index contributed by atoms with van der Waals surface area (Å²) in [5.74, 6) is -0.499. The van der Waals surface area contributed by atoms with E-state index in [4.69, 9.17) is 11.5 Å². The van der Waals surface area contributed by atoms with Crippen LogP contribution in [0.1, 0.15) is 20.3 Å². The van der Waals surface area contributed by atoms with Crippen molar-refractivity contribution in [1.82, 2.24) is 4.90 Å². The highest BCUT2D eigenvalue weighted by atomic mass is 16.2. The molecule has 1 saturated heterocycles. The fourth-order valence-corrected chi connectivity index (χ4v) is 1.76. The van der Waals surface area contributed by atoms with E-state index in [1.165, 1.54) is 0 Å². The van der Waals surface area contributed by atoms with Crippen LogP contribution in [0, 0.1) is 11.3 Å². The summed E-state index contributed by atoms with van der Waals surface area (Å²) in [5.41, 5.74) is 10.2. The summed E-state index contributed by atoms with van der Waals surface area (Å²) >= 11 is 0. The van der Waals surface area contributed by atoms with Crippen LogP contribution in [0.15, 0.2) is 0 Å². The molecule has 0 aromatic heterocycles. The number of hydrogen-bond acceptors (Lipinski definition) is 3. The van der Waals surface area contributed by atoms with Crippen molar-refractivity contribution in [2.45, 2.75) is 20.3 Å². The average Bonchev–Trinajstić information content (AvgIpc) is 2.60. The van der Waals surface area contributed by atoms with E-state index >= 15 is 0 Å². The Hall–Kier alpha value is -1.10. The molecule has 1 fully saturated rings. The van der Waals surface area contributed by atoms with Crippen molar-refractivity contribution in [2.75, 3.05) is 19.6 Å². The Morgan fingerprint density at radius 2 is 2.13 bits per heavy atom. The summed E-state index contributed by atoms with van der Waals surface area (Å²) in [7, 11) is 0. The molecule has 1 aliphatic heterocycles. The van der Waals surface area contributed by atoms with Gasteiger partial charge in [-0.1, -0.05) is 6.92 Å². The summed E-state index contributed by atoms with van der Waals surface area (Å²) in [6, 6.07) is 0. The first-order valence-electron chi connectivity index (χ1n) is 5.19. The summed E-state index contributed by atoms with van der Waals surface area (Å²) < 4.78 is 0. The molecule has 0 spiro atoms. The fourth-order valence-electron chi connectivity index (χ4n) is 1.76. The predicted molar refractivity (Wildman–Crippen MR) is 56.7 cm³/mol. The molecule has 1 aliphatic rings. The van der Waals surface area contributed by atoms with Gasteiger partial charge in [-0.05, 0) is 13.3 Å². The quantitative estimate of drug-likeness (QED) is 0.650. The lowest BCUT2D eigenvalue weighted by molar-refractivity contribution is -0.134. The largest absolute Gasteiger partial charge is 0.369 e. The highest BCUT2D eigenvalue weighted by molar-refractivity contribution is 5.84. The number of primary amides is 1. The van der Waals surface area contributed by atoms with Gasteiger partial charge in [-0.15, -0.1) is 0 Å². The maximum absolute atomic E-state index is 11.8. The lowest BCUT2D eigenvalue weighted by Gasteiger charge is -2.23. The molecule has 5 nitrogen and oxygen atoms in total. The number of nitrogens with two attached hydrogens (primary N) is 2. The van der Waals surface area contributed by atoms with Gasteiger partial charge in [-0.3, -0.25) is 9.59 Å². The molecular weight excluding hydrogens is 194 g/mol. The van der Waals surface area contributed by atoms with Gasteiger partial charge in [0.2, 0.25) is 11.8 Å². The first-order valence-corrected chi connectivity index (χ1v) is 5.19. The third kappa shape index (κ3) is 2.28. The Bertz CT molecular complexity index is 280. The summed E-state index contributed by atoms with van der Waals surface area (Å²) in [5, 5.41) is 0. The number of amides is 2. The van der Waals surface area contributed by atoms with Gasteiger partial charge in [0.25, 0.3) is 0 Å². The van der Waals surface area contributed by atoms with E-state index in [-0.39, 0.29) is 17.7 Å². The standard InChI is InChI=1S/C10H19N3O2/c1-7(5-11)8(14)13-4-3-10(2,6-13)9(12)15/h7H,3-6,11H2,1-2H3,(H2,12,15). The van der Waals surface area contributed by atoms with Crippen LogP contribution < -0.4 is 11.5 Å². The van der Waals surface area contributed by atoms with Crippen LogP contribution in [0.4, 0.5) is 0 Å². The van der Waals surface area contributed by atoms with E-state index in [1.807, 2.05) is 0 Å². The molecule has 5 heteroatoms. The zero-order chi connectivity index (χ0) is 11.6. The Morgan fingerprint density at radius 1 is 1.53 bits per heavy atom. The number of likely N-dealkylation sites (tertiary alicyclic amines) is 1. The van der Waals surface area contributed by atoms with Gasteiger partial charge in [-0.2, -0.15) is 0 Å². The molecule has 0 radical (unpaired) electrons. The third-order valence-corrected chi connectivity index (χ3v) is 3.15. The first-order chi connectivity index (χ1) is 6.90. The SMILES string of the molecule is CC(CN)C(=O)N1CCC(C)(C(N)=O)C1. The van der Waals surface area contributed by atoms with Crippen molar-refractivity contribution in [3.63, 3.8) is 0 Å². The molecule has 0 aromatic carbocycles. The van der Waals surface area contributed by atoms with Crippen LogP contribution in [-0.4, -0.2) is 36.3 Å². The minimum absolute atomic E-state index is 0.0162. The molecule has 1 rings (SSSR count). The maximum atomic E-state index is 11.8. The Balaban J connectivity index is 2.64. The topological polar surface area (TPSA) is 89.4 Å². The molecule has 86 valence electrons. The van der Waals surface area contributed by atoms with Crippen molar-refractivity contribution in [3.8, 4) is 0 Å². The van der Waals surface area contributed by atoms with Crippen LogP contribution in [0.5, 0.6) is 0 Å². The normalized spacial score (nSPS) is 27.8. The van der Waals surface area contributed by atoms with E-state index in [0.29, 0.717) is 26.1 Å². The smallest absolute Gasteiger partial charge is 0.226 e. The average molecular weight is 213 g/mol. The van der Waals surface area contributed by atoms with Gasteiger partial charge < -0.3 is 16.4 Å². The van der Waals surface area contributed by atoms with Crippen molar-refractivity contribution in [3.05, 3.63) is 0 Å². The van der Waals surface area contributed by atoms with E-state index in [9.17, 15) is 9.59 Å². The minimum Gasteiger partial charge on any atom is -0.369 e. The first kappa shape index (κ1) is 12.0. The monoisotopic (exact) mass is 213 g/mol. The second-order valence-electron chi connectivity index (χ2n) is 4.57. The molecule has 2 amide bonds. The predicted octanol–water partition coefficient (Wildman–Crippen LogP) is -0.695. The number of carbonyl (C=O) groups is 2. The molecule has 0 aliphatic carbocycles. The van der Waals surface area contributed by atoms with E-state index in [2.05, 4.69) is 0 Å². The lowest BCUT2D eigenvalue weighted by Crippen LogP contribution is -2.41. The van der Waals surface area contributed by atoms with Gasteiger partial charge in [-0.25, -0.2) is 0 Å². The van der Waals surface area contributed by atoms with Gasteiger partial charge in [0.15, 0.2) is 0 Å². The lowest BCUT2D eigenvalue weighted by atomic mass is 9.89. The Kier molecular flexibility index (Phi) is 3.34. The second-order valence-corrected chi connectivity index (χ2v) is 4.57. The molecule has 0 saturated carbocycles. The molecular formula is C10H19N3O2. The summed E-state index contributed by atoms with van der Waals surface area (Å²) in [4.78, 5) is 24.7. The number of carbonyl (C=O) groups excluding carboxylic acids is 2. The van der Waals surface area contributed by atoms with Crippen LogP contribution in [0.25, 0.3) is 0 Å². The number of rotatable bonds is 3. The molecule has 2 unspecified atom stereocenters. The Morgan fingerprint density at radius 3 is 2.53 bits per heavy atom. The molecule has 2 atom stereocenters. The van der Waals surface area contributed by atoms with Crippen molar-refractivity contribution < 1.29 is 9.59 Å². The minimum atomic E-state index is -0.565. The number of nitrogens with zero attached hydrogens (tertiary/aromatic N) is 1. The van der Waals surface area contributed by atoms with E-state index in [0.717, 1.165) is 0 Å². The molecule has 4 N–H and O–H groups in total. The molecule has 0 bridgehead atoms. The van der Waals surface area contributed by atoms with E-state index < -0.39 is 5.41 Å². The van der Waals surface area contributed by atoms with Crippen LogP contribution in [0.2, 0.25) is 0 Å². The van der Waals surface area contributed by atoms with Crippen molar-refractivity contribution in [2.24, 2.45) is 22.8 Å². The Labute approximate surface area is 89.8 Å². The zero-order valence-corrected chi connectivity index (χ0v) is 9.32. The number of hydrogen-bond donors (Lipinski definition) is 2. The van der Waals surface area contributed by atoms with Crippen LogP contribution in [-0.2, 0) is 9.59 Å². The van der Waals surface area contributed by atoms with Gasteiger partial charge in [0, 0.05) is 25.6 Å². The van der Waals surface area contributed by atoms with Crippen molar-refractivity contribution in [1.29, 1.82) is 0 Å². The van der Waals surface area contributed by atoms with Crippen LogP contribution in [0.3, 0.4) is 0 Å². The maximum Gasteiger partial charge on any atom is 0.226 e. The summed E-state index contributed by atoms with van der Waals surface area (Å²) in [6.07, 6.45) is 0.644. The zero-order valence-electron chi connectivity index (χ0n) is 9.32. The highest BCUT2D eigenvalue weighted by Crippen LogP contribution is 2.30. The molecule has 15 heavy (non-hydrogen) atoms. The van der Waals surface area contributed by atoms with Gasteiger partial charge >= 0.3 is 0 Å². The molecule has 1 heterocycles. The third-order valence-electron chi connectivity index (χ3n) is 3.15. The van der Waals surface area contributed by atoms with Gasteiger partial charge in [0.1, 0.15) is 0 Å². The highest BCUT2D eigenvalue weighted by Gasteiger charge is 2.41. The van der Waals surface area contributed by atoms with E-state index in [1.54, 1.807) is 18.7 Å². The van der Waals surface area contributed by atoms with Crippen molar-refractivity contribution >= 4 is 11.8 Å². The molecule has 0 aromatic rings. The summed E-state index contributed by atoms with van der Waals surface area (Å²) in [6.45, 7) is 4.95. The van der Waals surface area contributed by atoms with Gasteiger partial charge in [0.05, 0.1) is 5.41 Å².